The van der Waals surface area contributed by atoms with Crippen molar-refractivity contribution in [1.82, 2.24) is 4.90 Å². The van der Waals surface area contributed by atoms with Crippen LogP contribution in [0.4, 0.5) is 30.2 Å². The summed E-state index contributed by atoms with van der Waals surface area (Å²) in [5, 5.41) is 9.16. The number of piperazine rings is 1. The lowest BCUT2D eigenvalue weighted by molar-refractivity contribution is -0.137. The molecule has 2 saturated heterocycles. The predicted octanol–water partition coefficient (Wildman–Crippen LogP) is 4.25. The van der Waals surface area contributed by atoms with Crippen molar-refractivity contribution in [2.45, 2.75) is 25.6 Å². The summed E-state index contributed by atoms with van der Waals surface area (Å²) in [5.74, 6) is -0.446. The van der Waals surface area contributed by atoms with Gasteiger partial charge in [0.1, 0.15) is 5.54 Å². The Balaban J connectivity index is 1.66. The van der Waals surface area contributed by atoms with Gasteiger partial charge >= 0.3 is 6.18 Å². The zero-order valence-electron chi connectivity index (χ0n) is 19.1. The monoisotopic (exact) mass is 487 g/mol. The smallest absolute Gasteiger partial charge is 0.369 e. The number of hydrogen-bond acceptors (Lipinski definition) is 5. The Labute approximate surface area is 201 Å². The summed E-state index contributed by atoms with van der Waals surface area (Å²) in [4.78, 5) is 20.6. The first-order valence-electron chi connectivity index (χ1n) is 10.8. The van der Waals surface area contributed by atoms with Crippen LogP contribution in [0.25, 0.3) is 0 Å². The first kappa shape index (κ1) is 24.0. The molecule has 0 aliphatic carbocycles. The molecule has 0 unspecified atom stereocenters. The second-order valence-corrected chi connectivity index (χ2v) is 9.33. The zero-order chi connectivity index (χ0) is 24.8. The molecule has 178 valence electrons. The third-order valence-electron chi connectivity index (χ3n) is 6.33. The molecular formula is C24H24F3N5OS. The molecule has 4 rings (SSSR count). The summed E-state index contributed by atoms with van der Waals surface area (Å²) in [7, 11) is 2.09. The van der Waals surface area contributed by atoms with Crippen molar-refractivity contribution >= 4 is 40.3 Å². The fraction of sp³-hybridized carbons (Fsp3) is 0.375. The van der Waals surface area contributed by atoms with Gasteiger partial charge in [-0.15, -0.1) is 0 Å². The summed E-state index contributed by atoms with van der Waals surface area (Å²) in [6.45, 7) is 7.14. The molecule has 2 aliphatic rings. The molecule has 0 aromatic heterocycles. The topological polar surface area (TPSA) is 53.8 Å². The van der Waals surface area contributed by atoms with Gasteiger partial charge in [0.25, 0.3) is 5.91 Å². The van der Waals surface area contributed by atoms with E-state index in [2.05, 4.69) is 16.8 Å². The zero-order valence-corrected chi connectivity index (χ0v) is 19.9. The fourth-order valence-electron chi connectivity index (χ4n) is 4.34. The molecule has 0 spiro atoms. The van der Waals surface area contributed by atoms with E-state index in [9.17, 15) is 18.0 Å². The lowest BCUT2D eigenvalue weighted by Crippen LogP contribution is -2.45. The molecule has 34 heavy (non-hydrogen) atoms. The maximum atomic E-state index is 13.5. The number of alkyl halides is 3. The predicted molar refractivity (Wildman–Crippen MR) is 129 cm³/mol. The van der Waals surface area contributed by atoms with E-state index < -0.39 is 28.7 Å². The van der Waals surface area contributed by atoms with Gasteiger partial charge in [-0.1, -0.05) is 0 Å². The normalized spacial score (nSPS) is 19.0. The number of carbonyl (C=O) groups is 1. The quantitative estimate of drug-likeness (QED) is 0.604. The van der Waals surface area contributed by atoms with Gasteiger partial charge in [-0.3, -0.25) is 9.69 Å². The lowest BCUT2D eigenvalue weighted by atomic mass is 10.0. The Morgan fingerprint density at radius 3 is 2.09 bits per heavy atom. The molecule has 10 heteroatoms. The van der Waals surface area contributed by atoms with Crippen LogP contribution in [0.5, 0.6) is 0 Å². The number of anilines is 3. The van der Waals surface area contributed by atoms with Gasteiger partial charge in [-0.05, 0) is 75.6 Å². The number of halogens is 3. The summed E-state index contributed by atoms with van der Waals surface area (Å²) < 4.78 is 40.5. The number of hydrogen-bond donors (Lipinski definition) is 0. The molecule has 1 amide bonds. The van der Waals surface area contributed by atoms with Crippen LogP contribution in [0.3, 0.4) is 0 Å². The molecule has 2 aromatic carbocycles. The van der Waals surface area contributed by atoms with Crippen LogP contribution in [-0.2, 0) is 11.0 Å². The second kappa shape index (κ2) is 8.56. The minimum atomic E-state index is -4.74. The number of likely N-dealkylation sites (N-methyl/N-ethyl adjacent to an activating group) is 1. The molecule has 0 atom stereocenters. The first-order chi connectivity index (χ1) is 15.9. The van der Waals surface area contributed by atoms with Crippen LogP contribution < -0.4 is 14.7 Å². The van der Waals surface area contributed by atoms with Crippen LogP contribution in [0, 0.1) is 11.3 Å². The minimum Gasteiger partial charge on any atom is -0.369 e. The van der Waals surface area contributed by atoms with Crippen molar-refractivity contribution in [3.05, 3.63) is 53.6 Å². The maximum Gasteiger partial charge on any atom is 0.417 e. The maximum absolute atomic E-state index is 13.5. The standard InChI is InChI=1S/C24H24F3N5OS/c1-23(2)21(33)31(19-5-4-16(15-28)20(14-19)24(25,26)27)22(34)32(23)18-8-6-17(7-9-18)30-12-10-29(3)11-13-30/h4-9,14H,10-13H2,1-3H3. The third kappa shape index (κ3) is 4.10. The fourth-order valence-corrected chi connectivity index (χ4v) is 4.86. The summed E-state index contributed by atoms with van der Waals surface area (Å²) in [6.07, 6.45) is -4.74. The number of rotatable bonds is 3. The summed E-state index contributed by atoms with van der Waals surface area (Å²) in [5.41, 5.74) is -1.01. The Kier molecular flexibility index (Phi) is 6.04. The van der Waals surface area contributed by atoms with Gasteiger partial charge in [0.05, 0.1) is 22.9 Å². The van der Waals surface area contributed by atoms with Crippen LogP contribution in [-0.4, -0.2) is 54.7 Å². The Bertz CT molecular complexity index is 1160. The molecule has 6 nitrogen and oxygen atoms in total. The largest absolute Gasteiger partial charge is 0.417 e. The summed E-state index contributed by atoms with van der Waals surface area (Å²) >= 11 is 5.59. The molecular weight excluding hydrogens is 463 g/mol. The van der Waals surface area contributed by atoms with Crippen molar-refractivity contribution in [3.63, 3.8) is 0 Å². The molecule has 2 aliphatic heterocycles. The Morgan fingerprint density at radius 1 is 0.971 bits per heavy atom. The third-order valence-corrected chi connectivity index (χ3v) is 6.70. The molecule has 0 N–H and O–H groups in total. The highest BCUT2D eigenvalue weighted by Gasteiger charge is 2.50. The van der Waals surface area contributed by atoms with Crippen LogP contribution >= 0.6 is 12.2 Å². The van der Waals surface area contributed by atoms with Gasteiger partial charge in [0.15, 0.2) is 5.11 Å². The van der Waals surface area contributed by atoms with Crippen LogP contribution in [0.1, 0.15) is 25.0 Å². The summed E-state index contributed by atoms with van der Waals surface area (Å²) in [6, 6.07) is 12.4. The van der Waals surface area contributed by atoms with Gasteiger partial charge < -0.3 is 14.7 Å². The number of benzene rings is 2. The highest BCUT2D eigenvalue weighted by atomic mass is 32.1. The van der Waals surface area contributed by atoms with Crippen molar-refractivity contribution < 1.29 is 18.0 Å². The highest BCUT2D eigenvalue weighted by Crippen LogP contribution is 2.40. The van der Waals surface area contributed by atoms with E-state index in [-0.39, 0.29) is 10.8 Å². The van der Waals surface area contributed by atoms with Crippen LogP contribution in [0.2, 0.25) is 0 Å². The van der Waals surface area contributed by atoms with E-state index in [1.165, 1.54) is 6.07 Å². The number of thiocarbonyl (C=S) groups is 1. The average Bonchev–Trinajstić information content (AvgIpc) is 2.97. The average molecular weight is 488 g/mol. The molecule has 2 aromatic rings. The van der Waals surface area contributed by atoms with Crippen LogP contribution in [0.15, 0.2) is 42.5 Å². The molecule has 2 heterocycles. The van der Waals surface area contributed by atoms with Gasteiger partial charge in [-0.25, -0.2) is 0 Å². The van der Waals surface area contributed by atoms with E-state index in [1.807, 2.05) is 24.3 Å². The van der Waals surface area contributed by atoms with E-state index in [0.717, 1.165) is 48.9 Å². The molecule has 0 bridgehead atoms. The van der Waals surface area contributed by atoms with Gasteiger partial charge in [0.2, 0.25) is 0 Å². The number of carbonyl (C=O) groups excluding carboxylic acids is 1. The number of nitrogens with zero attached hydrogens (tertiary/aromatic N) is 5. The Morgan fingerprint density at radius 2 is 1.53 bits per heavy atom. The van der Waals surface area contributed by atoms with E-state index >= 15 is 0 Å². The second-order valence-electron chi connectivity index (χ2n) is 8.96. The van der Waals surface area contributed by atoms with Crippen molar-refractivity contribution in [1.29, 1.82) is 5.26 Å². The minimum absolute atomic E-state index is 0.0223. The number of amides is 1. The van der Waals surface area contributed by atoms with Gasteiger partial charge in [-0.2, -0.15) is 18.4 Å². The molecule has 0 saturated carbocycles. The van der Waals surface area contributed by atoms with E-state index in [1.54, 1.807) is 24.8 Å². The van der Waals surface area contributed by atoms with Crippen molar-refractivity contribution in [3.8, 4) is 6.07 Å². The van der Waals surface area contributed by atoms with Gasteiger partial charge in [0, 0.05) is 37.6 Å². The van der Waals surface area contributed by atoms with E-state index in [0.29, 0.717) is 5.69 Å². The molecule has 2 fully saturated rings. The van der Waals surface area contributed by atoms with E-state index in [4.69, 9.17) is 17.5 Å². The lowest BCUT2D eigenvalue weighted by Gasteiger charge is -2.34. The first-order valence-corrected chi connectivity index (χ1v) is 11.2. The van der Waals surface area contributed by atoms with Crippen molar-refractivity contribution in [2.75, 3.05) is 47.9 Å². The van der Waals surface area contributed by atoms with Crippen molar-refractivity contribution in [2.24, 2.45) is 0 Å². The molecule has 0 radical (unpaired) electrons. The number of nitriles is 1. The highest BCUT2D eigenvalue weighted by molar-refractivity contribution is 7.81. The SMILES string of the molecule is CN1CCN(c2ccc(N3C(=S)N(c4ccc(C#N)c(C(F)(F)F)c4)C(=O)C3(C)C)cc2)CC1. The Hall–Kier alpha value is -3.16.